The van der Waals surface area contributed by atoms with Crippen molar-refractivity contribution in [2.24, 2.45) is 13.0 Å². The number of carbonyl (C=O) groups excluding carboxylic acids is 1. The quantitative estimate of drug-likeness (QED) is 0.854. The predicted octanol–water partition coefficient (Wildman–Crippen LogP) is 0.378. The highest BCUT2D eigenvalue weighted by atomic mass is 16.4. The Bertz CT molecular complexity index is 479. The van der Waals surface area contributed by atoms with Crippen LogP contribution in [0.15, 0.2) is 12.4 Å². The minimum Gasteiger partial charge on any atom is -0.481 e. The molecule has 0 spiro atoms. The summed E-state index contributed by atoms with van der Waals surface area (Å²) in [6.45, 7) is 1.49. The SMILES string of the molecule is CN(Cc1nccn1C)C(=O)N1CC(CC(=O)O)C1. The molecule has 0 aliphatic carbocycles. The van der Waals surface area contributed by atoms with E-state index in [2.05, 4.69) is 4.98 Å². The molecule has 1 N–H and O–H groups in total. The molecule has 1 aliphatic rings. The van der Waals surface area contributed by atoms with E-state index in [0.717, 1.165) is 5.82 Å². The van der Waals surface area contributed by atoms with Crippen LogP contribution in [0.5, 0.6) is 0 Å². The number of nitrogens with zero attached hydrogens (tertiary/aromatic N) is 4. The summed E-state index contributed by atoms with van der Waals surface area (Å²) in [4.78, 5) is 30.0. The molecule has 2 amide bonds. The number of aryl methyl sites for hydroxylation is 1. The molecule has 0 atom stereocenters. The first-order chi connectivity index (χ1) is 8.97. The number of carboxylic acids is 1. The van der Waals surface area contributed by atoms with Gasteiger partial charge in [-0.25, -0.2) is 9.78 Å². The van der Waals surface area contributed by atoms with Gasteiger partial charge in [-0.15, -0.1) is 0 Å². The molecule has 0 saturated carbocycles. The molecule has 0 radical (unpaired) electrons. The minimum absolute atomic E-state index is 0.0790. The third kappa shape index (κ3) is 3.04. The number of carbonyl (C=O) groups is 2. The van der Waals surface area contributed by atoms with E-state index in [0.29, 0.717) is 19.6 Å². The Morgan fingerprint density at radius 2 is 2.21 bits per heavy atom. The van der Waals surface area contributed by atoms with Gasteiger partial charge in [0.1, 0.15) is 5.82 Å². The van der Waals surface area contributed by atoms with Gasteiger partial charge in [0.25, 0.3) is 0 Å². The van der Waals surface area contributed by atoms with E-state index < -0.39 is 5.97 Å². The van der Waals surface area contributed by atoms with Gasteiger partial charge in [0.2, 0.25) is 0 Å². The summed E-state index contributed by atoms with van der Waals surface area (Å²) in [7, 11) is 3.61. The van der Waals surface area contributed by atoms with E-state index >= 15 is 0 Å². The van der Waals surface area contributed by atoms with Crippen LogP contribution in [0.3, 0.4) is 0 Å². The van der Waals surface area contributed by atoms with Crippen LogP contribution < -0.4 is 0 Å². The number of imidazole rings is 1. The van der Waals surface area contributed by atoms with Crippen LogP contribution in [0.2, 0.25) is 0 Å². The molecule has 7 heteroatoms. The summed E-state index contributed by atoms with van der Waals surface area (Å²) in [5.41, 5.74) is 0. The van der Waals surface area contributed by atoms with E-state index in [1.165, 1.54) is 0 Å². The van der Waals surface area contributed by atoms with Crippen molar-refractivity contribution in [2.75, 3.05) is 20.1 Å². The van der Waals surface area contributed by atoms with E-state index in [9.17, 15) is 9.59 Å². The van der Waals surface area contributed by atoms with Gasteiger partial charge in [0, 0.05) is 45.5 Å². The Morgan fingerprint density at radius 3 is 2.74 bits per heavy atom. The van der Waals surface area contributed by atoms with Gasteiger partial charge in [0.05, 0.1) is 13.0 Å². The van der Waals surface area contributed by atoms with Crippen LogP contribution in [-0.2, 0) is 18.4 Å². The summed E-state index contributed by atoms with van der Waals surface area (Å²) >= 11 is 0. The average molecular weight is 266 g/mol. The molecule has 1 aliphatic heterocycles. The van der Waals surface area contributed by atoms with Crippen molar-refractivity contribution in [2.45, 2.75) is 13.0 Å². The lowest BCUT2D eigenvalue weighted by atomic mass is 9.97. The van der Waals surface area contributed by atoms with E-state index in [1.54, 1.807) is 23.0 Å². The second-order valence-corrected chi connectivity index (χ2v) is 4.96. The third-order valence-corrected chi connectivity index (χ3v) is 3.32. The summed E-state index contributed by atoms with van der Waals surface area (Å²) in [5, 5.41) is 8.66. The maximum Gasteiger partial charge on any atom is 0.320 e. The molecule has 1 aromatic heterocycles. The number of carboxylic acid groups (broad SMARTS) is 1. The number of amides is 2. The molecule has 104 valence electrons. The largest absolute Gasteiger partial charge is 0.481 e. The molecule has 7 nitrogen and oxygen atoms in total. The van der Waals surface area contributed by atoms with Crippen molar-refractivity contribution < 1.29 is 14.7 Å². The molecule has 0 bridgehead atoms. The van der Waals surface area contributed by atoms with Crippen molar-refractivity contribution in [1.82, 2.24) is 19.4 Å². The van der Waals surface area contributed by atoms with Crippen LogP contribution in [-0.4, -0.2) is 56.6 Å². The average Bonchev–Trinajstić information content (AvgIpc) is 2.68. The van der Waals surface area contributed by atoms with Gasteiger partial charge in [-0.2, -0.15) is 0 Å². The molecule has 1 aromatic rings. The van der Waals surface area contributed by atoms with Crippen LogP contribution >= 0.6 is 0 Å². The van der Waals surface area contributed by atoms with Crippen molar-refractivity contribution in [3.05, 3.63) is 18.2 Å². The molecular formula is C12H18N4O3. The highest BCUT2D eigenvalue weighted by Gasteiger charge is 2.33. The molecule has 1 fully saturated rings. The number of aromatic nitrogens is 2. The number of aliphatic carboxylic acids is 1. The Kier molecular flexibility index (Phi) is 3.73. The van der Waals surface area contributed by atoms with Gasteiger partial charge in [-0.3, -0.25) is 4.79 Å². The van der Waals surface area contributed by atoms with Crippen LogP contribution in [0.25, 0.3) is 0 Å². The molecule has 1 saturated heterocycles. The Morgan fingerprint density at radius 1 is 1.53 bits per heavy atom. The number of hydrogen-bond acceptors (Lipinski definition) is 3. The van der Waals surface area contributed by atoms with Gasteiger partial charge in [-0.05, 0) is 0 Å². The number of hydrogen-bond donors (Lipinski definition) is 1. The van der Waals surface area contributed by atoms with Crippen LogP contribution in [0.1, 0.15) is 12.2 Å². The maximum atomic E-state index is 12.1. The topological polar surface area (TPSA) is 78.7 Å². The minimum atomic E-state index is -0.807. The van der Waals surface area contributed by atoms with Gasteiger partial charge in [-0.1, -0.05) is 0 Å². The van der Waals surface area contributed by atoms with E-state index in [-0.39, 0.29) is 18.4 Å². The highest BCUT2D eigenvalue weighted by molar-refractivity contribution is 5.75. The smallest absolute Gasteiger partial charge is 0.320 e. The van der Waals surface area contributed by atoms with Crippen molar-refractivity contribution in [1.29, 1.82) is 0 Å². The number of urea groups is 1. The fourth-order valence-corrected chi connectivity index (χ4v) is 2.17. The van der Waals surface area contributed by atoms with Crippen molar-refractivity contribution in [3.63, 3.8) is 0 Å². The lowest BCUT2D eigenvalue weighted by Gasteiger charge is -2.40. The van der Waals surface area contributed by atoms with Crippen molar-refractivity contribution >= 4 is 12.0 Å². The first kappa shape index (κ1) is 13.4. The second-order valence-electron chi connectivity index (χ2n) is 4.96. The lowest BCUT2D eigenvalue weighted by Crippen LogP contribution is -2.54. The standard InChI is InChI=1S/C12H18N4O3/c1-14-4-3-13-10(14)8-15(2)12(19)16-6-9(7-16)5-11(17)18/h3-4,9H,5-8H2,1-2H3,(H,17,18). The predicted molar refractivity (Wildman–Crippen MR) is 67.4 cm³/mol. The molecule has 0 aromatic carbocycles. The summed E-state index contributed by atoms with van der Waals surface area (Å²) in [5.74, 6) is 0.0972. The summed E-state index contributed by atoms with van der Waals surface area (Å²) in [6, 6.07) is -0.0790. The second kappa shape index (κ2) is 5.29. The first-order valence-corrected chi connectivity index (χ1v) is 6.15. The van der Waals surface area contributed by atoms with Crippen LogP contribution in [0, 0.1) is 5.92 Å². The Labute approximate surface area is 111 Å². The zero-order chi connectivity index (χ0) is 14.0. The molecule has 2 heterocycles. The van der Waals surface area contributed by atoms with Gasteiger partial charge >= 0.3 is 12.0 Å². The fourth-order valence-electron chi connectivity index (χ4n) is 2.17. The van der Waals surface area contributed by atoms with E-state index in [1.807, 2.05) is 17.8 Å². The zero-order valence-electron chi connectivity index (χ0n) is 11.1. The highest BCUT2D eigenvalue weighted by Crippen LogP contribution is 2.20. The van der Waals surface area contributed by atoms with Crippen molar-refractivity contribution in [3.8, 4) is 0 Å². The maximum absolute atomic E-state index is 12.1. The third-order valence-electron chi connectivity index (χ3n) is 3.32. The molecular weight excluding hydrogens is 248 g/mol. The van der Waals surface area contributed by atoms with Crippen LogP contribution in [0.4, 0.5) is 4.79 Å². The molecule has 19 heavy (non-hydrogen) atoms. The molecule has 0 unspecified atom stereocenters. The zero-order valence-corrected chi connectivity index (χ0v) is 11.1. The van der Waals surface area contributed by atoms with Gasteiger partial charge in [0.15, 0.2) is 0 Å². The Hall–Kier alpha value is -2.05. The summed E-state index contributed by atoms with van der Waals surface area (Å²) < 4.78 is 1.87. The summed E-state index contributed by atoms with van der Waals surface area (Å²) in [6.07, 6.45) is 3.66. The van der Waals surface area contributed by atoms with E-state index in [4.69, 9.17) is 5.11 Å². The van der Waals surface area contributed by atoms with Gasteiger partial charge < -0.3 is 19.5 Å². The molecule has 2 rings (SSSR count). The first-order valence-electron chi connectivity index (χ1n) is 6.15. The number of likely N-dealkylation sites (tertiary alicyclic amines) is 1. The monoisotopic (exact) mass is 266 g/mol. The number of rotatable bonds is 4. The lowest BCUT2D eigenvalue weighted by molar-refractivity contribution is -0.139. The Balaban J connectivity index is 1.81. The fraction of sp³-hybridized carbons (Fsp3) is 0.583. The normalized spacial score (nSPS) is 15.2.